The minimum absolute atomic E-state index is 0.365. The summed E-state index contributed by atoms with van der Waals surface area (Å²) in [4.78, 5) is 9.17. The van der Waals surface area contributed by atoms with Gasteiger partial charge in [0.1, 0.15) is 0 Å². The van der Waals surface area contributed by atoms with Crippen molar-refractivity contribution >= 4 is 32.7 Å². The Hall–Kier alpha value is -6.52. The van der Waals surface area contributed by atoms with E-state index in [1.54, 1.807) is 11.8 Å². The van der Waals surface area contributed by atoms with Crippen LogP contribution in [0.1, 0.15) is 65.8 Å². The lowest BCUT2D eigenvalue weighted by Crippen LogP contribution is -2.17. The van der Waals surface area contributed by atoms with Crippen molar-refractivity contribution in [3.05, 3.63) is 203 Å². The highest BCUT2D eigenvalue weighted by Crippen LogP contribution is 2.49. The summed E-state index contributed by atoms with van der Waals surface area (Å²) < 4.78 is 0. The third kappa shape index (κ3) is 6.94. The molecule has 4 nitrogen and oxygen atoms in total. The van der Waals surface area contributed by atoms with Crippen molar-refractivity contribution in [2.45, 2.75) is 50.9 Å². The number of nitrogens with one attached hydrogen (secondary N) is 1. The summed E-state index contributed by atoms with van der Waals surface area (Å²) in [7, 11) is 0. The maximum absolute atomic E-state index is 6.15. The van der Waals surface area contributed by atoms with Gasteiger partial charge in [-0.15, -0.1) is 0 Å². The van der Waals surface area contributed by atoms with E-state index in [0.29, 0.717) is 11.8 Å². The molecular weight excluding hydrogens is 705 g/mol. The van der Waals surface area contributed by atoms with Gasteiger partial charge in [-0.2, -0.15) is 0 Å². The zero-order chi connectivity index (χ0) is 38.8. The predicted octanol–water partition coefficient (Wildman–Crippen LogP) is 12.4. The highest BCUT2D eigenvalue weighted by atomic mass is 14.8. The second-order valence-corrected chi connectivity index (χ2v) is 16.2. The minimum Gasteiger partial charge on any atom is -0.405 e. The Bertz CT molecular complexity index is 2780. The van der Waals surface area contributed by atoms with Crippen LogP contribution in [0.25, 0.3) is 55.1 Å². The number of allylic oxidation sites excluding steroid dienone is 11. The summed E-state index contributed by atoms with van der Waals surface area (Å²) in [5, 5.41) is 8.52. The Kier molecular flexibility index (Phi) is 9.76. The van der Waals surface area contributed by atoms with Crippen molar-refractivity contribution < 1.29 is 0 Å². The number of hydrogen-bond acceptors (Lipinski definition) is 4. The molecule has 0 amide bonds. The van der Waals surface area contributed by atoms with Crippen LogP contribution in [0.2, 0.25) is 0 Å². The average molecular weight is 753 g/mol. The number of fused-ring (bicyclic) bond motifs is 4. The normalized spacial score (nSPS) is 19.0. The zero-order valence-electron chi connectivity index (χ0n) is 32.9. The van der Waals surface area contributed by atoms with E-state index in [4.69, 9.17) is 10.7 Å². The number of hydrogen-bond donors (Lipinski definition) is 2. The molecule has 0 radical (unpaired) electrons. The molecule has 6 aromatic rings. The fourth-order valence-electron chi connectivity index (χ4n) is 9.79. The Morgan fingerprint density at radius 3 is 2.69 bits per heavy atom. The zero-order valence-corrected chi connectivity index (χ0v) is 32.9. The van der Waals surface area contributed by atoms with Gasteiger partial charge in [-0.25, -0.2) is 0 Å². The van der Waals surface area contributed by atoms with E-state index in [1.165, 1.54) is 71.6 Å². The van der Waals surface area contributed by atoms with Crippen LogP contribution >= 0.6 is 0 Å². The molecule has 0 bridgehead atoms. The van der Waals surface area contributed by atoms with Crippen LogP contribution in [0.15, 0.2) is 176 Å². The number of benzene rings is 4. The van der Waals surface area contributed by atoms with Crippen LogP contribution in [0.5, 0.6) is 0 Å². The van der Waals surface area contributed by atoms with E-state index in [9.17, 15) is 0 Å². The van der Waals surface area contributed by atoms with Gasteiger partial charge >= 0.3 is 0 Å². The van der Waals surface area contributed by atoms with Crippen LogP contribution in [-0.2, 0) is 12.8 Å². The van der Waals surface area contributed by atoms with Crippen LogP contribution in [0.3, 0.4) is 0 Å². The van der Waals surface area contributed by atoms with Crippen molar-refractivity contribution in [2.75, 3.05) is 6.54 Å². The van der Waals surface area contributed by atoms with Crippen LogP contribution in [0, 0.1) is 5.92 Å². The molecule has 3 heterocycles. The van der Waals surface area contributed by atoms with E-state index < -0.39 is 0 Å². The van der Waals surface area contributed by atoms with Crippen molar-refractivity contribution in [2.24, 2.45) is 11.7 Å². The molecule has 0 spiro atoms. The third-order valence-corrected chi connectivity index (χ3v) is 12.7. The molecule has 1 aliphatic heterocycles. The summed E-state index contributed by atoms with van der Waals surface area (Å²) in [5.41, 5.74) is 23.2. The molecule has 4 aromatic carbocycles. The molecule has 2 aromatic heterocycles. The maximum Gasteiger partial charge on any atom is 0.0720 e. The average Bonchev–Trinajstić information content (AvgIpc) is 3.29. The fraction of sp³-hybridized carbons (Fsp3) is 0.185. The Labute approximate surface area is 341 Å². The number of pyridine rings is 2. The molecule has 4 aliphatic rings. The van der Waals surface area contributed by atoms with Crippen molar-refractivity contribution in [1.82, 2.24) is 15.3 Å². The van der Waals surface area contributed by atoms with Gasteiger partial charge in [-0.1, -0.05) is 90.6 Å². The molecule has 58 heavy (non-hydrogen) atoms. The fourth-order valence-corrected chi connectivity index (χ4v) is 9.79. The first-order chi connectivity index (χ1) is 28.7. The standard InChI is InChI=1S/C54H48N4/c55-25-23-39(14-13-36-7-5-26-56-34-36)42-19-21-48-50(31-42)53(45-17-15-37-8-1-3-10-40(37)29-45)49-22-20-43(44-24-28-58-52(33-44)47-12-6-27-57-35-47)32-51(49)54(48)46-18-16-38-9-2-4-11-41(38)30-46/h1-2,4-9,11-12,14,16-19,21,23-31,33,35,37,43,56H,3,10,13,15,20,22,32,34,55H2/b25-23-,39-14+. The lowest BCUT2D eigenvalue weighted by atomic mass is 9.71. The lowest BCUT2D eigenvalue weighted by Gasteiger charge is -2.33. The molecular formula is C54H48N4. The highest BCUT2D eigenvalue weighted by molar-refractivity contribution is 6.09. The largest absolute Gasteiger partial charge is 0.405 e. The summed E-state index contributed by atoms with van der Waals surface area (Å²) in [5.74, 6) is 0.878. The monoisotopic (exact) mass is 752 g/mol. The number of rotatable bonds is 8. The van der Waals surface area contributed by atoms with Crippen molar-refractivity contribution in [1.29, 1.82) is 0 Å². The lowest BCUT2D eigenvalue weighted by molar-refractivity contribution is 0.585. The van der Waals surface area contributed by atoms with Gasteiger partial charge in [0.2, 0.25) is 0 Å². The number of aromatic nitrogens is 2. The van der Waals surface area contributed by atoms with Crippen LogP contribution < -0.4 is 11.1 Å². The molecule has 4 heteroatoms. The summed E-state index contributed by atoms with van der Waals surface area (Å²) in [6.45, 7) is 0.861. The molecule has 284 valence electrons. The van der Waals surface area contributed by atoms with Gasteiger partial charge in [0.15, 0.2) is 0 Å². The highest BCUT2D eigenvalue weighted by Gasteiger charge is 2.30. The minimum atomic E-state index is 0.365. The van der Waals surface area contributed by atoms with E-state index in [2.05, 4.69) is 138 Å². The SMILES string of the molecule is N/C=C\C(=C/CC1=CC=CNC1)c1ccc2c(-c3ccc4ccccc4c3)c3c(c(C4=CCC5C=CCCC5=C4)c2c1)CCC(c1ccnc(-c2cccnc2)c1)C3. The van der Waals surface area contributed by atoms with E-state index >= 15 is 0 Å². The van der Waals surface area contributed by atoms with Crippen molar-refractivity contribution in [3.63, 3.8) is 0 Å². The Morgan fingerprint density at radius 1 is 0.862 bits per heavy atom. The predicted molar refractivity (Wildman–Crippen MR) is 243 cm³/mol. The number of nitrogens with two attached hydrogens (primary N) is 1. The quantitative estimate of drug-likeness (QED) is 0.120. The Morgan fingerprint density at radius 2 is 1.81 bits per heavy atom. The molecule has 2 atom stereocenters. The third-order valence-electron chi connectivity index (χ3n) is 12.7. The summed E-state index contributed by atoms with van der Waals surface area (Å²) in [6, 6.07) is 31.6. The molecule has 3 aliphatic carbocycles. The van der Waals surface area contributed by atoms with Crippen molar-refractivity contribution in [3.8, 4) is 22.4 Å². The van der Waals surface area contributed by atoms with Crippen LogP contribution in [-0.4, -0.2) is 16.5 Å². The molecule has 3 N–H and O–H groups in total. The first-order valence-corrected chi connectivity index (χ1v) is 20.9. The molecule has 10 rings (SSSR count). The first-order valence-electron chi connectivity index (χ1n) is 20.9. The molecule has 0 fully saturated rings. The number of dihydropyridines is 1. The van der Waals surface area contributed by atoms with E-state index in [-0.39, 0.29) is 0 Å². The van der Waals surface area contributed by atoms with Gasteiger partial charge in [0.25, 0.3) is 0 Å². The van der Waals surface area contributed by atoms with E-state index in [0.717, 1.165) is 68.3 Å². The second kappa shape index (κ2) is 15.8. The maximum atomic E-state index is 6.15. The smallest absolute Gasteiger partial charge is 0.0720 e. The second-order valence-electron chi connectivity index (χ2n) is 16.2. The van der Waals surface area contributed by atoms with Crippen LogP contribution in [0.4, 0.5) is 0 Å². The van der Waals surface area contributed by atoms with Gasteiger partial charge in [-0.05, 0) is 189 Å². The molecule has 2 unspecified atom stereocenters. The number of nitrogens with zero attached hydrogens (tertiary/aromatic N) is 2. The molecule has 0 saturated heterocycles. The first kappa shape index (κ1) is 35.9. The Balaban J connectivity index is 1.19. The van der Waals surface area contributed by atoms with Gasteiger partial charge in [-0.3, -0.25) is 9.97 Å². The topological polar surface area (TPSA) is 63.8 Å². The van der Waals surface area contributed by atoms with Gasteiger partial charge < -0.3 is 11.1 Å². The van der Waals surface area contributed by atoms with E-state index in [1.807, 2.05) is 30.9 Å². The van der Waals surface area contributed by atoms with Gasteiger partial charge in [0.05, 0.1) is 5.69 Å². The van der Waals surface area contributed by atoms with Gasteiger partial charge in [0, 0.05) is 36.6 Å². The molecule has 0 saturated carbocycles. The summed E-state index contributed by atoms with van der Waals surface area (Å²) in [6.07, 6.45) is 35.2. The summed E-state index contributed by atoms with van der Waals surface area (Å²) >= 11 is 0.